The highest BCUT2D eigenvalue weighted by Crippen LogP contribution is 2.15. The molecule has 0 aliphatic rings. The fraction of sp³-hybridized carbons (Fsp3) is 0.364. The van der Waals surface area contributed by atoms with Gasteiger partial charge in [0, 0.05) is 29.9 Å². The Hall–Kier alpha value is -1.15. The van der Waals surface area contributed by atoms with Crippen LogP contribution < -0.4 is 0 Å². The summed E-state index contributed by atoms with van der Waals surface area (Å²) in [6, 6.07) is 3.99. The number of thiophene rings is 1. The molecule has 3 nitrogen and oxygen atoms in total. The summed E-state index contributed by atoms with van der Waals surface area (Å²) in [5.74, 6) is 0. The summed E-state index contributed by atoms with van der Waals surface area (Å²) in [5.41, 5.74) is 0.706. The van der Waals surface area contributed by atoms with Crippen LogP contribution in [0.15, 0.2) is 24.1 Å². The van der Waals surface area contributed by atoms with E-state index in [1.54, 1.807) is 11.3 Å². The molecule has 1 aromatic heterocycles. The highest BCUT2D eigenvalue weighted by molar-refractivity contribution is 7.10. The third kappa shape index (κ3) is 3.84. The van der Waals surface area contributed by atoms with Gasteiger partial charge in [-0.05, 0) is 6.07 Å². The van der Waals surface area contributed by atoms with Crippen LogP contribution in [-0.4, -0.2) is 29.7 Å². The first-order valence-electron chi connectivity index (χ1n) is 4.71. The van der Waals surface area contributed by atoms with Crippen molar-refractivity contribution in [3.05, 3.63) is 34.5 Å². The summed E-state index contributed by atoms with van der Waals surface area (Å²) in [6.45, 7) is 5.96. The van der Waals surface area contributed by atoms with Gasteiger partial charge in [-0.25, -0.2) is 0 Å². The molecule has 4 heteroatoms. The van der Waals surface area contributed by atoms with Crippen LogP contribution in [0, 0.1) is 11.3 Å². The van der Waals surface area contributed by atoms with Gasteiger partial charge in [0.05, 0.1) is 12.2 Å². The third-order valence-corrected chi connectivity index (χ3v) is 2.89. The predicted octanol–water partition coefficient (Wildman–Crippen LogP) is 1.60. The quantitative estimate of drug-likeness (QED) is 0.744. The largest absolute Gasteiger partial charge is 0.395 e. The molecule has 1 rings (SSSR count). The van der Waals surface area contributed by atoms with Crippen molar-refractivity contribution in [3.8, 4) is 6.07 Å². The van der Waals surface area contributed by atoms with E-state index in [2.05, 4.69) is 17.5 Å². The third-order valence-electron chi connectivity index (χ3n) is 1.97. The van der Waals surface area contributed by atoms with Crippen LogP contribution in [0.25, 0.3) is 0 Å². The highest BCUT2D eigenvalue weighted by Gasteiger charge is 2.05. The molecule has 0 aliphatic carbocycles. The molecule has 0 atom stereocenters. The molecule has 0 aromatic carbocycles. The first kappa shape index (κ1) is 11.9. The van der Waals surface area contributed by atoms with Crippen LogP contribution in [0.3, 0.4) is 0 Å². The van der Waals surface area contributed by atoms with Crippen molar-refractivity contribution >= 4 is 11.3 Å². The van der Waals surface area contributed by atoms with Crippen molar-refractivity contribution in [2.45, 2.75) is 6.54 Å². The Morgan fingerprint density at radius 1 is 1.67 bits per heavy atom. The molecule has 1 aromatic rings. The predicted molar refractivity (Wildman–Crippen MR) is 61.6 cm³/mol. The molecule has 1 heterocycles. The second kappa shape index (κ2) is 6.36. The lowest BCUT2D eigenvalue weighted by Gasteiger charge is -2.17. The molecule has 15 heavy (non-hydrogen) atoms. The van der Waals surface area contributed by atoms with Crippen LogP contribution in [0.1, 0.15) is 10.4 Å². The van der Waals surface area contributed by atoms with Gasteiger partial charge in [-0.1, -0.05) is 6.08 Å². The van der Waals surface area contributed by atoms with E-state index in [4.69, 9.17) is 10.4 Å². The summed E-state index contributed by atoms with van der Waals surface area (Å²) < 4.78 is 0. The Morgan fingerprint density at radius 2 is 2.47 bits per heavy atom. The second-order valence-corrected chi connectivity index (χ2v) is 4.16. The number of hydrogen-bond donors (Lipinski definition) is 1. The summed E-state index contributed by atoms with van der Waals surface area (Å²) in [6.07, 6.45) is 1.81. The van der Waals surface area contributed by atoms with E-state index < -0.39 is 0 Å². The van der Waals surface area contributed by atoms with E-state index in [-0.39, 0.29) is 6.61 Å². The molecule has 0 saturated heterocycles. The van der Waals surface area contributed by atoms with Crippen LogP contribution in [0.5, 0.6) is 0 Å². The first-order chi connectivity index (χ1) is 7.30. The zero-order valence-corrected chi connectivity index (χ0v) is 9.33. The number of nitriles is 1. The number of hydrogen-bond acceptors (Lipinski definition) is 4. The molecule has 0 saturated carbocycles. The van der Waals surface area contributed by atoms with E-state index in [1.165, 1.54) is 0 Å². The van der Waals surface area contributed by atoms with Crippen LogP contribution in [0.4, 0.5) is 0 Å². The SMILES string of the molecule is C=CCN(CCO)Cc1cc(C#N)cs1. The van der Waals surface area contributed by atoms with Gasteiger partial charge in [0.15, 0.2) is 0 Å². The van der Waals surface area contributed by atoms with Crippen molar-refractivity contribution in [2.24, 2.45) is 0 Å². The molecule has 0 spiro atoms. The van der Waals surface area contributed by atoms with Gasteiger partial charge in [0.1, 0.15) is 6.07 Å². The number of rotatable bonds is 6. The lowest BCUT2D eigenvalue weighted by molar-refractivity contribution is 0.204. The van der Waals surface area contributed by atoms with Gasteiger partial charge in [0.2, 0.25) is 0 Å². The first-order valence-corrected chi connectivity index (χ1v) is 5.59. The fourth-order valence-corrected chi connectivity index (χ4v) is 2.15. The molecule has 0 unspecified atom stereocenters. The minimum Gasteiger partial charge on any atom is -0.395 e. The standard InChI is InChI=1S/C11H14N2OS/c1-2-3-13(4-5-14)8-11-6-10(7-12)9-15-11/h2,6,9,14H,1,3-5,8H2. The minimum atomic E-state index is 0.143. The smallest absolute Gasteiger partial charge is 0.100 e. The molecular formula is C11H14N2OS. The number of nitrogens with zero attached hydrogens (tertiary/aromatic N) is 2. The maximum Gasteiger partial charge on any atom is 0.100 e. The Balaban J connectivity index is 2.57. The molecular weight excluding hydrogens is 208 g/mol. The topological polar surface area (TPSA) is 47.3 Å². The summed E-state index contributed by atoms with van der Waals surface area (Å²) in [7, 11) is 0. The Labute approximate surface area is 93.9 Å². The summed E-state index contributed by atoms with van der Waals surface area (Å²) >= 11 is 1.57. The highest BCUT2D eigenvalue weighted by atomic mass is 32.1. The molecule has 0 bridgehead atoms. The van der Waals surface area contributed by atoms with Crippen molar-refractivity contribution in [1.82, 2.24) is 4.90 Å². The Kier molecular flexibility index (Phi) is 5.05. The molecule has 80 valence electrons. The molecule has 0 amide bonds. The fourth-order valence-electron chi connectivity index (χ4n) is 1.30. The van der Waals surface area contributed by atoms with Crippen molar-refractivity contribution in [3.63, 3.8) is 0 Å². The van der Waals surface area contributed by atoms with Gasteiger partial charge in [-0.2, -0.15) is 5.26 Å². The average Bonchev–Trinajstić information content (AvgIpc) is 2.66. The van der Waals surface area contributed by atoms with E-state index in [9.17, 15) is 0 Å². The van der Waals surface area contributed by atoms with Gasteiger partial charge in [-0.3, -0.25) is 4.90 Å². The summed E-state index contributed by atoms with van der Waals surface area (Å²) in [4.78, 5) is 3.22. The zero-order chi connectivity index (χ0) is 11.1. The van der Waals surface area contributed by atoms with Crippen LogP contribution in [0.2, 0.25) is 0 Å². The van der Waals surface area contributed by atoms with E-state index in [1.807, 2.05) is 17.5 Å². The molecule has 1 N–H and O–H groups in total. The van der Waals surface area contributed by atoms with E-state index in [0.29, 0.717) is 12.1 Å². The van der Waals surface area contributed by atoms with Crippen LogP contribution in [-0.2, 0) is 6.54 Å². The molecule has 0 radical (unpaired) electrons. The lowest BCUT2D eigenvalue weighted by Crippen LogP contribution is -2.26. The van der Waals surface area contributed by atoms with Crippen molar-refractivity contribution in [1.29, 1.82) is 5.26 Å². The lowest BCUT2D eigenvalue weighted by atomic mass is 10.3. The van der Waals surface area contributed by atoms with Gasteiger partial charge >= 0.3 is 0 Å². The average molecular weight is 222 g/mol. The van der Waals surface area contributed by atoms with Gasteiger partial charge < -0.3 is 5.11 Å². The van der Waals surface area contributed by atoms with Crippen LogP contribution >= 0.6 is 11.3 Å². The Bertz CT molecular complexity index is 354. The minimum absolute atomic E-state index is 0.143. The van der Waals surface area contributed by atoms with Gasteiger partial charge in [-0.15, -0.1) is 17.9 Å². The summed E-state index contributed by atoms with van der Waals surface area (Å²) in [5, 5.41) is 19.4. The zero-order valence-electron chi connectivity index (χ0n) is 8.52. The van der Waals surface area contributed by atoms with Gasteiger partial charge in [0.25, 0.3) is 0 Å². The van der Waals surface area contributed by atoms with Crippen molar-refractivity contribution in [2.75, 3.05) is 19.7 Å². The van der Waals surface area contributed by atoms with Crippen molar-refractivity contribution < 1.29 is 5.11 Å². The molecule has 0 aliphatic heterocycles. The van der Waals surface area contributed by atoms with E-state index >= 15 is 0 Å². The van der Waals surface area contributed by atoms with E-state index in [0.717, 1.165) is 18.0 Å². The monoisotopic (exact) mass is 222 g/mol. The maximum atomic E-state index is 8.87. The number of aliphatic hydroxyl groups excluding tert-OH is 1. The molecule has 0 fully saturated rings. The second-order valence-electron chi connectivity index (χ2n) is 3.16. The maximum absolute atomic E-state index is 8.87. The number of aliphatic hydroxyl groups is 1. The normalized spacial score (nSPS) is 10.2. The Morgan fingerprint density at radius 3 is 3.00 bits per heavy atom.